The Kier molecular flexibility index (Phi) is 4.96. The fourth-order valence-electron chi connectivity index (χ4n) is 2.02. The Morgan fingerprint density at radius 3 is 2.46 bits per heavy atom. The lowest BCUT2D eigenvalue weighted by molar-refractivity contribution is 0.456. The second-order valence-corrected chi connectivity index (χ2v) is 5.81. The zero-order chi connectivity index (χ0) is 9.68. The van der Waals surface area contributed by atoms with E-state index in [4.69, 9.17) is 5.73 Å². The minimum Gasteiger partial charge on any atom is -0.327 e. The molecule has 0 spiro atoms. The third-order valence-electron chi connectivity index (χ3n) is 2.88. The fraction of sp³-hybridized carbons (Fsp3) is 1.00. The zero-order valence-electron chi connectivity index (χ0n) is 8.50. The average Bonchev–Trinajstić information content (AvgIpc) is 2.11. The van der Waals surface area contributed by atoms with E-state index < -0.39 is 10.8 Å². The van der Waals surface area contributed by atoms with Crippen LogP contribution in [0.1, 0.15) is 45.4 Å². The fourth-order valence-corrected chi connectivity index (χ4v) is 3.40. The molecular formula is C10H21NOS. The maximum Gasteiger partial charge on any atom is 0.0498 e. The van der Waals surface area contributed by atoms with Crippen molar-refractivity contribution < 1.29 is 4.21 Å². The van der Waals surface area contributed by atoms with Crippen molar-refractivity contribution in [3.63, 3.8) is 0 Å². The van der Waals surface area contributed by atoms with E-state index in [1.165, 1.54) is 25.7 Å². The molecule has 3 heteroatoms. The predicted molar refractivity (Wildman–Crippen MR) is 58.1 cm³/mol. The molecule has 0 bridgehead atoms. The molecule has 0 aromatic carbocycles. The molecule has 2 nitrogen and oxygen atoms in total. The summed E-state index contributed by atoms with van der Waals surface area (Å²) in [7, 11) is -0.687. The standard InChI is InChI=1S/C10H21NOS/c1-2-13(12)10-8-6-4-3-5-7-9(10)11/h9-10H,2-8,11H2,1H3. The maximum absolute atomic E-state index is 11.7. The molecular weight excluding hydrogens is 182 g/mol. The first-order valence-corrected chi connectivity index (χ1v) is 6.76. The molecule has 0 radical (unpaired) electrons. The third kappa shape index (κ3) is 3.39. The van der Waals surface area contributed by atoms with E-state index in [0.29, 0.717) is 0 Å². The summed E-state index contributed by atoms with van der Waals surface area (Å²) in [6.07, 6.45) is 7.17. The highest BCUT2D eigenvalue weighted by atomic mass is 32.2. The van der Waals surface area contributed by atoms with Gasteiger partial charge in [0, 0.05) is 27.8 Å². The minimum atomic E-state index is -0.687. The molecule has 0 heterocycles. The Morgan fingerprint density at radius 2 is 1.85 bits per heavy atom. The van der Waals surface area contributed by atoms with Crippen LogP contribution in [-0.4, -0.2) is 21.3 Å². The minimum absolute atomic E-state index is 0.182. The van der Waals surface area contributed by atoms with Gasteiger partial charge in [-0.25, -0.2) is 0 Å². The first kappa shape index (κ1) is 11.2. The van der Waals surface area contributed by atoms with Crippen LogP contribution in [0.3, 0.4) is 0 Å². The van der Waals surface area contributed by atoms with Gasteiger partial charge in [-0.1, -0.05) is 32.6 Å². The van der Waals surface area contributed by atoms with Gasteiger partial charge in [-0.2, -0.15) is 0 Å². The smallest absolute Gasteiger partial charge is 0.0498 e. The number of nitrogens with two attached hydrogens (primary N) is 1. The topological polar surface area (TPSA) is 43.1 Å². The van der Waals surface area contributed by atoms with E-state index in [1.54, 1.807) is 0 Å². The van der Waals surface area contributed by atoms with Gasteiger partial charge in [0.15, 0.2) is 0 Å². The first-order valence-electron chi connectivity index (χ1n) is 5.38. The molecule has 1 fully saturated rings. The normalized spacial score (nSPS) is 33.4. The van der Waals surface area contributed by atoms with Crippen molar-refractivity contribution in [2.45, 2.75) is 56.7 Å². The molecule has 0 aromatic heterocycles. The highest BCUT2D eigenvalue weighted by Gasteiger charge is 2.23. The second-order valence-electron chi connectivity index (χ2n) is 3.86. The third-order valence-corrected chi connectivity index (χ3v) is 4.71. The van der Waals surface area contributed by atoms with Crippen molar-refractivity contribution >= 4 is 10.8 Å². The quantitative estimate of drug-likeness (QED) is 0.743. The summed E-state index contributed by atoms with van der Waals surface area (Å²) in [5.74, 6) is 0.762. The van der Waals surface area contributed by atoms with Crippen molar-refractivity contribution in [3.8, 4) is 0 Å². The Balaban J connectivity index is 2.50. The second kappa shape index (κ2) is 5.76. The summed E-state index contributed by atoms with van der Waals surface area (Å²) in [6.45, 7) is 1.99. The number of hydrogen-bond acceptors (Lipinski definition) is 2. The van der Waals surface area contributed by atoms with Gasteiger partial charge in [0.25, 0.3) is 0 Å². The summed E-state index contributed by atoms with van der Waals surface area (Å²) in [5.41, 5.74) is 6.03. The van der Waals surface area contributed by atoms with Crippen LogP contribution in [0.15, 0.2) is 0 Å². The van der Waals surface area contributed by atoms with Crippen LogP contribution in [0, 0.1) is 0 Å². The van der Waals surface area contributed by atoms with Crippen molar-refractivity contribution in [1.29, 1.82) is 0 Å². The van der Waals surface area contributed by atoms with E-state index in [9.17, 15) is 4.21 Å². The van der Waals surface area contributed by atoms with Gasteiger partial charge in [0.05, 0.1) is 0 Å². The van der Waals surface area contributed by atoms with Crippen molar-refractivity contribution in [2.24, 2.45) is 5.73 Å². The highest BCUT2D eigenvalue weighted by Crippen LogP contribution is 2.20. The molecule has 2 N–H and O–H groups in total. The van der Waals surface area contributed by atoms with Gasteiger partial charge >= 0.3 is 0 Å². The Morgan fingerprint density at radius 1 is 1.23 bits per heavy atom. The van der Waals surface area contributed by atoms with Crippen LogP contribution in [0.25, 0.3) is 0 Å². The van der Waals surface area contributed by atoms with Gasteiger partial charge < -0.3 is 5.73 Å². The number of hydrogen-bond donors (Lipinski definition) is 1. The maximum atomic E-state index is 11.7. The van der Waals surface area contributed by atoms with Gasteiger partial charge in [0.1, 0.15) is 0 Å². The molecule has 3 unspecified atom stereocenters. The molecule has 1 saturated carbocycles. The van der Waals surface area contributed by atoms with E-state index in [0.717, 1.165) is 18.6 Å². The van der Waals surface area contributed by atoms with Gasteiger partial charge in [-0.05, 0) is 12.8 Å². The average molecular weight is 203 g/mol. The molecule has 3 atom stereocenters. The Hall–Kier alpha value is 0.110. The largest absolute Gasteiger partial charge is 0.327 e. The summed E-state index contributed by atoms with van der Waals surface area (Å²) in [4.78, 5) is 0. The van der Waals surface area contributed by atoms with Crippen molar-refractivity contribution in [2.75, 3.05) is 5.75 Å². The molecule has 0 amide bonds. The van der Waals surface area contributed by atoms with Gasteiger partial charge in [-0.3, -0.25) is 4.21 Å². The molecule has 78 valence electrons. The lowest BCUT2D eigenvalue weighted by Gasteiger charge is -2.25. The molecule has 0 aromatic rings. The van der Waals surface area contributed by atoms with Crippen molar-refractivity contribution in [1.82, 2.24) is 0 Å². The summed E-state index contributed by atoms with van der Waals surface area (Å²) in [5, 5.41) is 0.269. The zero-order valence-corrected chi connectivity index (χ0v) is 9.31. The lowest BCUT2D eigenvalue weighted by atomic mass is 9.97. The molecule has 1 aliphatic carbocycles. The van der Waals surface area contributed by atoms with Crippen LogP contribution in [-0.2, 0) is 10.8 Å². The highest BCUT2D eigenvalue weighted by molar-refractivity contribution is 7.85. The van der Waals surface area contributed by atoms with E-state index >= 15 is 0 Å². The first-order chi connectivity index (χ1) is 6.25. The summed E-state index contributed by atoms with van der Waals surface area (Å²) in [6, 6.07) is 0.182. The van der Waals surface area contributed by atoms with Crippen LogP contribution >= 0.6 is 0 Å². The number of rotatable bonds is 2. The monoisotopic (exact) mass is 203 g/mol. The van der Waals surface area contributed by atoms with Crippen LogP contribution in [0.5, 0.6) is 0 Å². The molecule has 13 heavy (non-hydrogen) atoms. The van der Waals surface area contributed by atoms with Crippen LogP contribution in [0.2, 0.25) is 0 Å². The Bertz CT molecular complexity index is 172. The van der Waals surface area contributed by atoms with Crippen LogP contribution in [0.4, 0.5) is 0 Å². The van der Waals surface area contributed by atoms with Crippen molar-refractivity contribution in [3.05, 3.63) is 0 Å². The summed E-state index contributed by atoms with van der Waals surface area (Å²) < 4.78 is 11.7. The lowest BCUT2D eigenvalue weighted by Crippen LogP contribution is -2.39. The van der Waals surface area contributed by atoms with Gasteiger partial charge in [-0.15, -0.1) is 0 Å². The van der Waals surface area contributed by atoms with E-state index in [2.05, 4.69) is 0 Å². The van der Waals surface area contributed by atoms with E-state index in [1.807, 2.05) is 6.92 Å². The molecule has 1 rings (SSSR count). The summed E-state index contributed by atoms with van der Waals surface area (Å²) >= 11 is 0. The Labute approximate surface area is 83.7 Å². The SMILES string of the molecule is CCS(=O)C1CCCCCCC1N. The van der Waals surface area contributed by atoms with E-state index in [-0.39, 0.29) is 11.3 Å². The van der Waals surface area contributed by atoms with Gasteiger partial charge in [0.2, 0.25) is 0 Å². The molecule has 1 aliphatic rings. The molecule has 0 saturated heterocycles. The van der Waals surface area contributed by atoms with Crippen LogP contribution < -0.4 is 5.73 Å². The molecule has 0 aliphatic heterocycles. The predicted octanol–water partition coefficient (Wildman–Crippen LogP) is 1.81.